The van der Waals surface area contributed by atoms with Crippen molar-refractivity contribution in [3.05, 3.63) is 0 Å². The molecule has 0 saturated carbocycles. The number of rotatable bonds is 5. The molecule has 1 unspecified atom stereocenters. The van der Waals surface area contributed by atoms with Crippen LogP contribution in [0.1, 0.15) is 47.0 Å². The van der Waals surface area contributed by atoms with E-state index >= 15 is 0 Å². The monoisotopic (exact) mass is 274 g/mol. The normalized spacial score (nSPS) is 12.4. The van der Waals surface area contributed by atoms with Crippen LogP contribution < -0.4 is 5.43 Å². The van der Waals surface area contributed by atoms with E-state index in [1.165, 1.54) is 0 Å². The molecule has 0 spiro atoms. The molecule has 2 N–H and O–H groups in total. The minimum atomic E-state index is -1.40. The van der Waals surface area contributed by atoms with Gasteiger partial charge in [-0.1, -0.05) is 19.8 Å². The van der Waals surface area contributed by atoms with Crippen molar-refractivity contribution in [2.45, 2.75) is 58.6 Å². The van der Waals surface area contributed by atoms with Crippen LogP contribution in [0.2, 0.25) is 0 Å². The second-order valence-corrected chi connectivity index (χ2v) is 5.11. The van der Waals surface area contributed by atoms with Gasteiger partial charge in [0, 0.05) is 0 Å². The van der Waals surface area contributed by atoms with E-state index in [1.54, 1.807) is 20.8 Å². The molecule has 0 aromatic rings. The lowest BCUT2D eigenvalue weighted by Crippen LogP contribution is -2.53. The van der Waals surface area contributed by atoms with Crippen molar-refractivity contribution < 1.29 is 24.2 Å². The largest absolute Gasteiger partial charge is 0.464 e. The van der Waals surface area contributed by atoms with Gasteiger partial charge in [-0.2, -0.15) is 0 Å². The van der Waals surface area contributed by atoms with Crippen molar-refractivity contribution >= 4 is 18.5 Å². The number of hydrogen-bond acceptors (Lipinski definition) is 4. The molecule has 7 heteroatoms. The van der Waals surface area contributed by atoms with Crippen LogP contribution in [0.25, 0.3) is 0 Å². The van der Waals surface area contributed by atoms with Gasteiger partial charge < -0.3 is 14.6 Å². The number of nitrogens with zero attached hydrogens (tertiary/aromatic N) is 1. The van der Waals surface area contributed by atoms with Crippen molar-refractivity contribution in [2.24, 2.45) is 0 Å². The summed E-state index contributed by atoms with van der Waals surface area (Å²) in [5, 5.41) is 9.60. The Labute approximate surface area is 112 Å². The van der Waals surface area contributed by atoms with E-state index in [-0.39, 0.29) is 0 Å². The topological polar surface area (TPSA) is 95.9 Å². The molecule has 0 aromatic heterocycles. The third kappa shape index (κ3) is 7.28. The fourth-order valence-electron chi connectivity index (χ4n) is 1.34. The summed E-state index contributed by atoms with van der Waals surface area (Å²) in [6.45, 7) is 6.90. The van der Waals surface area contributed by atoms with Gasteiger partial charge in [-0.3, -0.25) is 0 Å². The van der Waals surface area contributed by atoms with Gasteiger partial charge in [0.25, 0.3) is 0 Å². The number of hydrogen-bond donors (Lipinski definition) is 2. The van der Waals surface area contributed by atoms with Crippen LogP contribution in [0, 0.1) is 0 Å². The van der Waals surface area contributed by atoms with Crippen LogP contribution in [0.5, 0.6) is 0 Å². The van der Waals surface area contributed by atoms with Crippen LogP contribution in [0.3, 0.4) is 0 Å². The average molecular weight is 274 g/mol. The molecule has 110 valence electrons. The summed E-state index contributed by atoms with van der Waals surface area (Å²) in [5.74, 6) is 0. The molecule has 0 rings (SSSR count). The summed E-state index contributed by atoms with van der Waals surface area (Å²) in [5.41, 5.74) is 1.33. The van der Waals surface area contributed by atoms with Crippen molar-refractivity contribution in [1.82, 2.24) is 10.4 Å². The Balaban J connectivity index is 4.67. The molecular formula is C12H22N2O5. The third-order valence-electron chi connectivity index (χ3n) is 2.16. The van der Waals surface area contributed by atoms with E-state index in [4.69, 9.17) is 9.84 Å². The number of amides is 2. The summed E-state index contributed by atoms with van der Waals surface area (Å²) in [6, 6.07) is -0.912. The van der Waals surface area contributed by atoms with Gasteiger partial charge in [-0.25, -0.2) is 20.0 Å². The van der Waals surface area contributed by atoms with E-state index in [0.29, 0.717) is 24.1 Å². The first-order chi connectivity index (χ1) is 8.71. The van der Waals surface area contributed by atoms with Crippen LogP contribution in [-0.2, 0) is 9.53 Å². The van der Waals surface area contributed by atoms with Crippen molar-refractivity contribution in [3.63, 3.8) is 0 Å². The predicted octanol–water partition coefficient (Wildman–Crippen LogP) is 2.16. The fraction of sp³-hybridized carbons (Fsp3) is 0.750. The Bertz CT molecular complexity index is 325. The number of hydrazine groups is 1. The lowest BCUT2D eigenvalue weighted by Gasteiger charge is -2.27. The molecule has 2 amide bonds. The quantitative estimate of drug-likeness (QED) is 0.591. The number of carbonyl (C=O) groups is 3. The van der Waals surface area contributed by atoms with Crippen LogP contribution >= 0.6 is 0 Å². The molecule has 0 saturated heterocycles. The van der Waals surface area contributed by atoms with Gasteiger partial charge >= 0.3 is 12.2 Å². The molecule has 0 fully saturated rings. The van der Waals surface area contributed by atoms with Gasteiger partial charge in [0.1, 0.15) is 17.9 Å². The van der Waals surface area contributed by atoms with Crippen molar-refractivity contribution in [3.8, 4) is 0 Å². The lowest BCUT2D eigenvalue weighted by atomic mass is 10.1. The first kappa shape index (κ1) is 17.2. The Kier molecular flexibility index (Phi) is 6.89. The molecule has 0 aliphatic carbocycles. The molecule has 0 radical (unpaired) electrons. The van der Waals surface area contributed by atoms with Crippen LogP contribution in [-0.4, -0.2) is 40.2 Å². The number of nitrogens with one attached hydrogen (secondary N) is 1. The van der Waals surface area contributed by atoms with Gasteiger partial charge in [0.15, 0.2) is 0 Å². The molecule has 0 aromatic carbocycles. The molecule has 0 bridgehead atoms. The second-order valence-electron chi connectivity index (χ2n) is 5.11. The number of carbonyl (C=O) groups excluding carboxylic acids is 2. The minimum absolute atomic E-state index is 0.349. The third-order valence-corrected chi connectivity index (χ3v) is 2.16. The molecule has 19 heavy (non-hydrogen) atoms. The highest BCUT2D eigenvalue weighted by molar-refractivity contribution is 5.76. The molecular weight excluding hydrogens is 252 g/mol. The van der Waals surface area contributed by atoms with Crippen LogP contribution in [0.4, 0.5) is 9.59 Å². The number of unbranched alkanes of at least 4 members (excludes halogenated alkanes) is 1. The minimum Gasteiger partial charge on any atom is -0.464 e. The summed E-state index contributed by atoms with van der Waals surface area (Å²) in [7, 11) is 0. The first-order valence-corrected chi connectivity index (χ1v) is 6.18. The highest BCUT2D eigenvalue weighted by Crippen LogP contribution is 2.09. The maximum absolute atomic E-state index is 11.5. The summed E-state index contributed by atoms with van der Waals surface area (Å²) in [6.07, 6.45) is 0.0498. The van der Waals surface area contributed by atoms with Gasteiger partial charge in [0.05, 0.1) is 0 Å². The molecule has 1 atom stereocenters. The van der Waals surface area contributed by atoms with E-state index in [1.807, 2.05) is 6.92 Å². The lowest BCUT2D eigenvalue weighted by molar-refractivity contribution is -0.113. The maximum atomic E-state index is 11.5. The Hall–Kier alpha value is -1.79. The summed E-state index contributed by atoms with van der Waals surface area (Å²) in [4.78, 5) is 33.5. The molecule has 7 nitrogen and oxygen atoms in total. The van der Waals surface area contributed by atoms with Gasteiger partial charge in [0.2, 0.25) is 0 Å². The zero-order chi connectivity index (χ0) is 15.1. The first-order valence-electron chi connectivity index (χ1n) is 6.18. The van der Waals surface area contributed by atoms with E-state index < -0.39 is 23.8 Å². The average Bonchev–Trinajstić information content (AvgIpc) is 2.25. The maximum Gasteiger partial charge on any atom is 0.426 e. The molecule has 0 aliphatic rings. The summed E-state index contributed by atoms with van der Waals surface area (Å²) >= 11 is 0. The smallest absolute Gasteiger partial charge is 0.426 e. The Morgan fingerprint density at radius 2 is 2.00 bits per heavy atom. The number of carboxylic acid groups (broad SMARTS) is 1. The zero-order valence-electron chi connectivity index (χ0n) is 11.8. The highest BCUT2D eigenvalue weighted by Gasteiger charge is 2.26. The van der Waals surface area contributed by atoms with Gasteiger partial charge in [-0.15, -0.1) is 0 Å². The predicted molar refractivity (Wildman–Crippen MR) is 68.6 cm³/mol. The number of ether oxygens (including phenoxy) is 1. The van der Waals surface area contributed by atoms with Crippen molar-refractivity contribution in [1.29, 1.82) is 0 Å². The van der Waals surface area contributed by atoms with E-state index in [0.717, 1.165) is 6.42 Å². The Morgan fingerprint density at radius 3 is 2.37 bits per heavy atom. The second kappa shape index (κ2) is 7.60. The fourth-order valence-corrected chi connectivity index (χ4v) is 1.34. The van der Waals surface area contributed by atoms with Crippen LogP contribution in [0.15, 0.2) is 0 Å². The standard InChI is InChI=1S/C12H22N2O5/c1-5-6-7-9(8-15)14(11(17)18)13-10(16)19-12(2,3)4/h8-9H,5-7H2,1-4H3,(H,13,16)(H,17,18). The molecule has 0 aliphatic heterocycles. The molecule has 0 heterocycles. The zero-order valence-corrected chi connectivity index (χ0v) is 11.8. The van der Waals surface area contributed by atoms with E-state index in [9.17, 15) is 14.4 Å². The Morgan fingerprint density at radius 1 is 1.42 bits per heavy atom. The van der Waals surface area contributed by atoms with E-state index in [2.05, 4.69) is 5.43 Å². The van der Waals surface area contributed by atoms with Crippen molar-refractivity contribution in [2.75, 3.05) is 0 Å². The highest BCUT2D eigenvalue weighted by atomic mass is 16.6. The summed E-state index contributed by atoms with van der Waals surface area (Å²) < 4.78 is 4.95. The number of aldehydes is 1. The SMILES string of the molecule is CCCCC(C=O)N(NC(=O)OC(C)(C)C)C(=O)O. The van der Waals surface area contributed by atoms with Gasteiger partial charge in [-0.05, 0) is 27.2 Å².